The molecule has 2 rings (SSSR count). The second-order valence-electron chi connectivity index (χ2n) is 6.09. The monoisotopic (exact) mass is 417 g/mol. The highest BCUT2D eigenvalue weighted by Gasteiger charge is 2.25. The Labute approximate surface area is 170 Å². The highest BCUT2D eigenvalue weighted by Crippen LogP contribution is 2.18. The van der Waals surface area contributed by atoms with Gasteiger partial charge in [0, 0.05) is 25.2 Å². The number of carbonyl (C=O) groups is 1. The fraction of sp³-hybridized carbons (Fsp3) is 0.200. The molecule has 0 saturated heterocycles. The van der Waals surface area contributed by atoms with Crippen molar-refractivity contribution in [1.29, 1.82) is 5.26 Å². The van der Waals surface area contributed by atoms with E-state index in [4.69, 9.17) is 16.9 Å². The van der Waals surface area contributed by atoms with E-state index in [1.54, 1.807) is 30.3 Å². The largest absolute Gasteiger partial charge is 0.334 e. The molecular formula is C20H20ClN3O3S. The third-order valence-corrected chi connectivity index (χ3v) is 6.11. The van der Waals surface area contributed by atoms with Crippen LogP contribution >= 0.6 is 11.6 Å². The highest BCUT2D eigenvalue weighted by molar-refractivity contribution is 7.89. The third kappa shape index (κ3) is 5.42. The van der Waals surface area contributed by atoms with Gasteiger partial charge in [-0.3, -0.25) is 4.79 Å². The van der Waals surface area contributed by atoms with Gasteiger partial charge in [0.25, 0.3) is 0 Å². The number of nitrogens with zero attached hydrogens (tertiary/aromatic N) is 3. The summed E-state index contributed by atoms with van der Waals surface area (Å²) >= 11 is 5.80. The van der Waals surface area contributed by atoms with E-state index in [0.717, 1.165) is 9.87 Å². The van der Waals surface area contributed by atoms with Crippen LogP contribution in [0.5, 0.6) is 0 Å². The molecule has 0 saturated carbocycles. The maximum atomic E-state index is 12.7. The lowest BCUT2D eigenvalue weighted by Gasteiger charge is -2.24. The van der Waals surface area contributed by atoms with E-state index in [1.165, 1.54) is 36.2 Å². The zero-order valence-electron chi connectivity index (χ0n) is 15.4. The molecule has 0 fully saturated rings. The van der Waals surface area contributed by atoms with Crippen molar-refractivity contribution >= 4 is 27.5 Å². The molecule has 0 heterocycles. The summed E-state index contributed by atoms with van der Waals surface area (Å²) in [5, 5.41) is 9.30. The van der Waals surface area contributed by atoms with Crippen LogP contribution in [0, 0.1) is 11.3 Å². The first-order valence-corrected chi connectivity index (χ1v) is 10.2. The normalized spacial score (nSPS) is 11.1. The fourth-order valence-corrected chi connectivity index (χ4v) is 3.72. The molecule has 0 aliphatic rings. The summed E-state index contributed by atoms with van der Waals surface area (Å²) in [7, 11) is -2.46. The predicted octanol–water partition coefficient (Wildman–Crippen LogP) is 3.05. The molecule has 0 N–H and O–H groups in total. The van der Waals surface area contributed by atoms with Gasteiger partial charge in [-0.1, -0.05) is 29.8 Å². The minimum atomic E-state index is -3.82. The lowest BCUT2D eigenvalue weighted by atomic mass is 10.1. The average Bonchev–Trinajstić information content (AvgIpc) is 2.68. The molecule has 0 aliphatic carbocycles. The third-order valence-electron chi connectivity index (χ3n) is 4.04. The number of benzene rings is 2. The Morgan fingerprint density at radius 3 is 2.32 bits per heavy atom. The minimum Gasteiger partial charge on any atom is -0.334 e. The van der Waals surface area contributed by atoms with Crippen molar-refractivity contribution in [3.05, 3.63) is 77.3 Å². The predicted molar refractivity (Wildman–Crippen MR) is 108 cm³/mol. The van der Waals surface area contributed by atoms with Crippen molar-refractivity contribution in [3.63, 3.8) is 0 Å². The Morgan fingerprint density at radius 1 is 1.18 bits per heavy atom. The van der Waals surface area contributed by atoms with E-state index in [1.807, 2.05) is 6.07 Å². The van der Waals surface area contributed by atoms with Gasteiger partial charge in [0.05, 0.1) is 23.1 Å². The van der Waals surface area contributed by atoms with Crippen LogP contribution in [0.25, 0.3) is 0 Å². The second kappa shape index (κ2) is 9.51. The van der Waals surface area contributed by atoms with Gasteiger partial charge in [0.1, 0.15) is 0 Å². The van der Waals surface area contributed by atoms with Crippen molar-refractivity contribution in [1.82, 2.24) is 9.21 Å². The van der Waals surface area contributed by atoms with Gasteiger partial charge >= 0.3 is 0 Å². The zero-order valence-corrected chi connectivity index (χ0v) is 16.9. The number of likely N-dealkylation sites (N-methyl/N-ethyl adjacent to an activating group) is 1. The van der Waals surface area contributed by atoms with E-state index in [0.29, 0.717) is 10.6 Å². The Morgan fingerprint density at radius 2 is 1.79 bits per heavy atom. The summed E-state index contributed by atoms with van der Waals surface area (Å²) < 4.78 is 26.3. The van der Waals surface area contributed by atoms with Crippen molar-refractivity contribution in [2.75, 3.05) is 20.1 Å². The summed E-state index contributed by atoms with van der Waals surface area (Å²) in [6, 6.07) is 14.7. The molecule has 2 aromatic rings. The molecule has 2 aromatic carbocycles. The first-order valence-electron chi connectivity index (χ1n) is 8.37. The first-order chi connectivity index (χ1) is 13.3. The van der Waals surface area contributed by atoms with Crippen molar-refractivity contribution in [3.8, 4) is 6.07 Å². The van der Waals surface area contributed by atoms with Crippen LogP contribution in [0.4, 0.5) is 0 Å². The number of nitriles is 1. The molecule has 0 atom stereocenters. The number of hydrogen-bond donors (Lipinski definition) is 0. The van der Waals surface area contributed by atoms with E-state index in [2.05, 4.69) is 6.58 Å². The molecule has 146 valence electrons. The molecule has 28 heavy (non-hydrogen) atoms. The van der Waals surface area contributed by atoms with Crippen molar-refractivity contribution < 1.29 is 13.2 Å². The van der Waals surface area contributed by atoms with Gasteiger partial charge in [-0.15, -0.1) is 6.58 Å². The molecular weight excluding hydrogens is 398 g/mol. The van der Waals surface area contributed by atoms with Crippen LogP contribution in [0.1, 0.15) is 11.1 Å². The van der Waals surface area contributed by atoms with Crippen LogP contribution in [0.15, 0.2) is 66.1 Å². The number of halogens is 1. The standard InChI is InChI=1S/C20H20ClN3O3S/c1-3-12-24(14-17-6-4-16(13-22)5-7-17)20(25)15-23(2)28(26,27)19-10-8-18(21)9-11-19/h3-11H,1,12,14-15H2,2H3. The summed E-state index contributed by atoms with van der Waals surface area (Å²) in [5.74, 6) is -0.357. The van der Waals surface area contributed by atoms with Gasteiger partial charge < -0.3 is 4.90 Å². The van der Waals surface area contributed by atoms with E-state index in [-0.39, 0.29) is 30.4 Å². The topological polar surface area (TPSA) is 81.5 Å². The van der Waals surface area contributed by atoms with Crippen LogP contribution in [-0.2, 0) is 21.4 Å². The fourth-order valence-electron chi connectivity index (χ4n) is 2.48. The van der Waals surface area contributed by atoms with E-state index in [9.17, 15) is 13.2 Å². The number of rotatable bonds is 8. The Kier molecular flexibility index (Phi) is 7.35. The molecule has 0 radical (unpaired) electrons. The quantitative estimate of drug-likeness (QED) is 0.618. The molecule has 0 aromatic heterocycles. The maximum Gasteiger partial charge on any atom is 0.243 e. The second-order valence-corrected chi connectivity index (χ2v) is 8.57. The van der Waals surface area contributed by atoms with Crippen LogP contribution in [0.3, 0.4) is 0 Å². The van der Waals surface area contributed by atoms with Crippen molar-refractivity contribution in [2.24, 2.45) is 0 Å². The Balaban J connectivity index is 2.12. The molecule has 0 aliphatic heterocycles. The van der Waals surface area contributed by atoms with Crippen LogP contribution in [0.2, 0.25) is 5.02 Å². The molecule has 0 spiro atoms. The smallest absolute Gasteiger partial charge is 0.243 e. The number of sulfonamides is 1. The first kappa shape index (κ1) is 21.6. The average molecular weight is 418 g/mol. The van der Waals surface area contributed by atoms with Crippen LogP contribution < -0.4 is 0 Å². The number of carbonyl (C=O) groups excluding carboxylic acids is 1. The van der Waals surface area contributed by atoms with Gasteiger partial charge in [-0.05, 0) is 42.0 Å². The molecule has 1 amide bonds. The summed E-state index contributed by atoms with van der Waals surface area (Å²) in [6.07, 6.45) is 1.58. The van der Waals surface area contributed by atoms with E-state index >= 15 is 0 Å². The van der Waals surface area contributed by atoms with Gasteiger partial charge in [0.2, 0.25) is 15.9 Å². The Hall–Kier alpha value is -2.66. The minimum absolute atomic E-state index is 0.0644. The maximum absolute atomic E-state index is 12.7. The lowest BCUT2D eigenvalue weighted by Crippen LogP contribution is -2.40. The summed E-state index contributed by atoms with van der Waals surface area (Å²) in [5.41, 5.74) is 1.36. The van der Waals surface area contributed by atoms with Gasteiger partial charge in [-0.2, -0.15) is 9.57 Å². The Bertz CT molecular complexity index is 981. The van der Waals surface area contributed by atoms with E-state index < -0.39 is 10.0 Å². The van der Waals surface area contributed by atoms with Gasteiger partial charge in [-0.25, -0.2) is 8.42 Å². The molecule has 8 heteroatoms. The lowest BCUT2D eigenvalue weighted by molar-refractivity contribution is -0.131. The van der Waals surface area contributed by atoms with Crippen LogP contribution in [-0.4, -0.2) is 43.7 Å². The highest BCUT2D eigenvalue weighted by atomic mass is 35.5. The zero-order chi connectivity index (χ0) is 20.7. The SMILES string of the molecule is C=CCN(Cc1ccc(C#N)cc1)C(=O)CN(C)S(=O)(=O)c1ccc(Cl)cc1. The van der Waals surface area contributed by atoms with Crippen molar-refractivity contribution in [2.45, 2.75) is 11.4 Å². The summed E-state index contributed by atoms with van der Waals surface area (Å²) in [4.78, 5) is 14.3. The molecule has 0 bridgehead atoms. The van der Waals surface area contributed by atoms with Gasteiger partial charge in [0.15, 0.2) is 0 Å². The number of hydrogen-bond acceptors (Lipinski definition) is 4. The summed E-state index contributed by atoms with van der Waals surface area (Å²) in [6.45, 7) is 3.90. The number of amides is 1. The molecule has 0 unspecified atom stereocenters. The molecule has 6 nitrogen and oxygen atoms in total.